The number of hydrogen-bond acceptors (Lipinski definition) is 4. The highest BCUT2D eigenvalue weighted by Crippen LogP contribution is 2.23. The molecular formula is C19H20N4O. The largest absolute Gasteiger partial charge is 0.364 e. The van der Waals surface area contributed by atoms with Crippen LogP contribution in [0.3, 0.4) is 0 Å². The van der Waals surface area contributed by atoms with E-state index in [4.69, 9.17) is 4.98 Å². The van der Waals surface area contributed by atoms with Gasteiger partial charge < -0.3 is 10.2 Å². The highest BCUT2D eigenvalue weighted by Gasteiger charge is 2.16. The van der Waals surface area contributed by atoms with E-state index < -0.39 is 0 Å². The molecular weight excluding hydrogens is 300 g/mol. The molecule has 0 radical (unpaired) electrons. The number of nitrogens with one attached hydrogen (secondary N) is 1. The van der Waals surface area contributed by atoms with Crippen LogP contribution in [0.1, 0.15) is 16.8 Å². The van der Waals surface area contributed by atoms with Crippen LogP contribution >= 0.6 is 0 Å². The normalized spacial score (nSPS) is 14.5. The van der Waals surface area contributed by atoms with Gasteiger partial charge in [0, 0.05) is 37.6 Å². The summed E-state index contributed by atoms with van der Waals surface area (Å²) in [6.45, 7) is 5.31. The molecule has 0 bridgehead atoms. The minimum atomic E-state index is -0.0278. The zero-order valence-corrected chi connectivity index (χ0v) is 13.7. The molecule has 0 unspecified atom stereocenters. The molecule has 24 heavy (non-hydrogen) atoms. The molecule has 122 valence electrons. The van der Waals surface area contributed by atoms with E-state index in [-0.39, 0.29) is 5.56 Å². The molecule has 3 heterocycles. The van der Waals surface area contributed by atoms with E-state index in [0.29, 0.717) is 6.54 Å². The van der Waals surface area contributed by atoms with E-state index in [2.05, 4.69) is 34.5 Å². The van der Waals surface area contributed by atoms with Crippen molar-refractivity contribution in [2.24, 2.45) is 0 Å². The lowest BCUT2D eigenvalue weighted by molar-refractivity contribution is 0.684. The van der Waals surface area contributed by atoms with Crippen molar-refractivity contribution in [3.8, 4) is 0 Å². The summed E-state index contributed by atoms with van der Waals surface area (Å²) >= 11 is 0. The van der Waals surface area contributed by atoms with Crippen molar-refractivity contribution >= 4 is 11.3 Å². The summed E-state index contributed by atoms with van der Waals surface area (Å²) in [5.74, 6) is 0. The van der Waals surface area contributed by atoms with Crippen molar-refractivity contribution in [1.29, 1.82) is 0 Å². The third kappa shape index (κ3) is 2.67. The van der Waals surface area contributed by atoms with Crippen molar-refractivity contribution in [2.45, 2.75) is 20.0 Å². The summed E-state index contributed by atoms with van der Waals surface area (Å²) in [6, 6.07) is 13.9. The topological polar surface area (TPSA) is 49.6 Å². The second-order valence-electron chi connectivity index (χ2n) is 6.20. The average molecular weight is 320 g/mol. The molecule has 1 N–H and O–H groups in total. The molecule has 2 aromatic heterocycles. The number of pyridine rings is 1. The number of benzene rings is 1. The zero-order valence-electron chi connectivity index (χ0n) is 13.7. The lowest BCUT2D eigenvalue weighted by atomic mass is 10.1. The van der Waals surface area contributed by atoms with Gasteiger partial charge in [-0.2, -0.15) is 0 Å². The molecule has 0 amide bonds. The van der Waals surface area contributed by atoms with Crippen molar-refractivity contribution < 1.29 is 0 Å². The number of fused-ring (bicyclic) bond motifs is 2. The SMILES string of the molecule is Cc1cccn2c(=O)cc(CN3CCNCc4ccccc43)nc12. The number of nitrogens with zero attached hydrogens (tertiary/aromatic N) is 3. The smallest absolute Gasteiger partial charge is 0.258 e. The van der Waals surface area contributed by atoms with Gasteiger partial charge in [-0.1, -0.05) is 24.3 Å². The van der Waals surface area contributed by atoms with Gasteiger partial charge in [-0.3, -0.25) is 9.20 Å². The molecule has 1 aromatic carbocycles. The van der Waals surface area contributed by atoms with E-state index in [1.165, 1.54) is 11.3 Å². The van der Waals surface area contributed by atoms with Gasteiger partial charge in [-0.05, 0) is 30.2 Å². The number of rotatable bonds is 2. The minimum absolute atomic E-state index is 0.0278. The summed E-state index contributed by atoms with van der Waals surface area (Å²) in [5.41, 5.74) is 5.03. The predicted molar refractivity (Wildman–Crippen MR) is 95.4 cm³/mol. The molecule has 4 rings (SSSR count). The van der Waals surface area contributed by atoms with Gasteiger partial charge >= 0.3 is 0 Å². The summed E-state index contributed by atoms with van der Waals surface area (Å²) in [5, 5.41) is 3.44. The maximum atomic E-state index is 12.4. The molecule has 0 spiro atoms. The molecule has 1 aliphatic rings. The molecule has 0 atom stereocenters. The van der Waals surface area contributed by atoms with Crippen LogP contribution in [-0.2, 0) is 13.1 Å². The third-order valence-corrected chi connectivity index (χ3v) is 4.50. The van der Waals surface area contributed by atoms with Crippen molar-refractivity contribution in [3.05, 3.63) is 75.8 Å². The molecule has 3 aromatic rings. The first-order valence-electron chi connectivity index (χ1n) is 8.24. The van der Waals surface area contributed by atoms with Gasteiger partial charge in [-0.25, -0.2) is 4.98 Å². The Balaban J connectivity index is 1.75. The van der Waals surface area contributed by atoms with Crippen LogP contribution < -0.4 is 15.8 Å². The number of para-hydroxylation sites is 1. The van der Waals surface area contributed by atoms with E-state index in [1.54, 1.807) is 16.7 Å². The Bertz CT molecular complexity index is 947. The van der Waals surface area contributed by atoms with E-state index in [9.17, 15) is 4.79 Å². The highest BCUT2D eigenvalue weighted by molar-refractivity contribution is 5.55. The first kappa shape index (κ1) is 14.9. The monoisotopic (exact) mass is 320 g/mol. The summed E-state index contributed by atoms with van der Waals surface area (Å²) in [6.07, 6.45) is 1.77. The molecule has 0 saturated heterocycles. The molecule has 0 fully saturated rings. The fourth-order valence-electron chi connectivity index (χ4n) is 3.28. The Morgan fingerprint density at radius 2 is 2.08 bits per heavy atom. The van der Waals surface area contributed by atoms with Crippen LogP contribution in [0.2, 0.25) is 0 Å². The van der Waals surface area contributed by atoms with Crippen molar-refractivity contribution in [1.82, 2.24) is 14.7 Å². The van der Waals surface area contributed by atoms with Gasteiger partial charge in [-0.15, -0.1) is 0 Å². The van der Waals surface area contributed by atoms with Crippen LogP contribution in [0, 0.1) is 6.92 Å². The maximum absolute atomic E-state index is 12.4. The van der Waals surface area contributed by atoms with Crippen LogP contribution in [0.5, 0.6) is 0 Å². The Hall–Kier alpha value is -2.66. The van der Waals surface area contributed by atoms with Gasteiger partial charge in [0.15, 0.2) is 0 Å². The highest BCUT2D eigenvalue weighted by atomic mass is 16.1. The lowest BCUT2D eigenvalue weighted by Crippen LogP contribution is -2.29. The first-order chi connectivity index (χ1) is 11.7. The number of aryl methyl sites for hydroxylation is 1. The van der Waals surface area contributed by atoms with Gasteiger partial charge in [0.1, 0.15) is 5.65 Å². The van der Waals surface area contributed by atoms with E-state index in [0.717, 1.165) is 36.5 Å². The maximum Gasteiger partial charge on any atom is 0.258 e. The third-order valence-electron chi connectivity index (χ3n) is 4.50. The second-order valence-corrected chi connectivity index (χ2v) is 6.20. The molecule has 0 aliphatic carbocycles. The molecule has 5 nitrogen and oxygen atoms in total. The summed E-state index contributed by atoms with van der Waals surface area (Å²) in [7, 11) is 0. The van der Waals surface area contributed by atoms with E-state index in [1.807, 2.05) is 19.1 Å². The van der Waals surface area contributed by atoms with Crippen molar-refractivity contribution in [3.63, 3.8) is 0 Å². The standard InChI is InChI=1S/C19H20N4O/c1-14-5-4-9-23-18(24)11-16(21-19(14)23)13-22-10-8-20-12-15-6-2-3-7-17(15)22/h2-7,9,11,20H,8,10,12-13H2,1H3. The number of aromatic nitrogens is 2. The fourth-order valence-corrected chi connectivity index (χ4v) is 3.28. The Morgan fingerprint density at radius 3 is 3.00 bits per heavy atom. The van der Waals surface area contributed by atoms with Crippen LogP contribution in [0.15, 0.2) is 53.5 Å². The van der Waals surface area contributed by atoms with Crippen molar-refractivity contribution in [2.75, 3.05) is 18.0 Å². The van der Waals surface area contributed by atoms with Gasteiger partial charge in [0.05, 0.1) is 12.2 Å². The fraction of sp³-hybridized carbons (Fsp3) is 0.263. The molecule has 1 aliphatic heterocycles. The summed E-state index contributed by atoms with van der Waals surface area (Å²) in [4.78, 5) is 19.4. The number of anilines is 1. The lowest BCUT2D eigenvalue weighted by Gasteiger charge is -2.24. The number of hydrogen-bond donors (Lipinski definition) is 1. The minimum Gasteiger partial charge on any atom is -0.364 e. The summed E-state index contributed by atoms with van der Waals surface area (Å²) < 4.78 is 1.61. The van der Waals surface area contributed by atoms with Crippen LogP contribution in [0.4, 0.5) is 5.69 Å². The zero-order chi connectivity index (χ0) is 16.5. The van der Waals surface area contributed by atoms with E-state index >= 15 is 0 Å². The molecule has 0 saturated carbocycles. The van der Waals surface area contributed by atoms with Gasteiger partial charge in [0.25, 0.3) is 5.56 Å². The average Bonchev–Trinajstić information content (AvgIpc) is 2.79. The van der Waals surface area contributed by atoms with Gasteiger partial charge in [0.2, 0.25) is 0 Å². The Labute approximate surface area is 140 Å². The Morgan fingerprint density at radius 1 is 1.21 bits per heavy atom. The van der Waals surface area contributed by atoms with Crippen LogP contribution in [0.25, 0.3) is 5.65 Å². The quantitative estimate of drug-likeness (QED) is 0.786. The van der Waals surface area contributed by atoms with Crippen LogP contribution in [-0.4, -0.2) is 22.5 Å². The molecule has 5 heteroatoms. The predicted octanol–water partition coefficient (Wildman–Crippen LogP) is 2.11. The first-order valence-corrected chi connectivity index (χ1v) is 8.24. The second kappa shape index (κ2) is 6.09. The Kier molecular flexibility index (Phi) is 3.78.